The van der Waals surface area contributed by atoms with Gasteiger partial charge in [-0.25, -0.2) is 8.42 Å². The van der Waals surface area contributed by atoms with Gasteiger partial charge in [-0.15, -0.1) is 0 Å². The van der Waals surface area contributed by atoms with Gasteiger partial charge in [-0.1, -0.05) is 0 Å². The normalized spacial score (nSPS) is 11.9. The predicted octanol–water partition coefficient (Wildman–Crippen LogP) is 3.72. The van der Waals surface area contributed by atoms with E-state index in [1.54, 1.807) is 21.0 Å². The topological polar surface area (TPSA) is 77.4 Å². The van der Waals surface area contributed by atoms with Crippen LogP contribution in [0.5, 0.6) is 0 Å². The molecule has 1 heterocycles. The minimum Gasteiger partial charge on any atom is -0.383 e. The van der Waals surface area contributed by atoms with Gasteiger partial charge in [-0.05, 0) is 62.4 Å². The van der Waals surface area contributed by atoms with Crippen molar-refractivity contribution < 1.29 is 17.9 Å². The van der Waals surface area contributed by atoms with Crippen molar-refractivity contribution in [3.63, 3.8) is 0 Å². The molecule has 0 fully saturated rings. The van der Waals surface area contributed by atoms with E-state index in [2.05, 4.69) is 9.88 Å². The van der Waals surface area contributed by atoms with Crippen LogP contribution in [0.2, 0.25) is 0 Å². The Morgan fingerprint density at radius 1 is 1.11 bits per heavy atom. The van der Waals surface area contributed by atoms with Gasteiger partial charge in [-0.2, -0.15) is 0 Å². The molecule has 7 heteroatoms. The average Bonchev–Trinajstić information content (AvgIpc) is 3.08. The summed E-state index contributed by atoms with van der Waals surface area (Å²) in [5, 5.41) is 3.38. The molecule has 148 valence electrons. The lowest BCUT2D eigenvalue weighted by atomic mass is 10.2. The molecule has 2 aromatic carbocycles. The van der Waals surface area contributed by atoms with E-state index in [1.165, 1.54) is 24.3 Å². The number of methoxy groups -OCH3 is 1. The molecule has 1 amide bonds. The lowest BCUT2D eigenvalue weighted by Crippen LogP contribution is -2.15. The van der Waals surface area contributed by atoms with Crippen molar-refractivity contribution in [2.24, 2.45) is 0 Å². The van der Waals surface area contributed by atoms with Gasteiger partial charge in [0.25, 0.3) is 5.91 Å². The molecule has 1 N–H and O–H groups in total. The van der Waals surface area contributed by atoms with Crippen LogP contribution in [0.15, 0.2) is 59.6 Å². The molecule has 0 aliphatic carbocycles. The minimum absolute atomic E-state index is 0.220. The van der Waals surface area contributed by atoms with E-state index >= 15 is 0 Å². The molecule has 0 saturated heterocycles. The first-order valence-electron chi connectivity index (χ1n) is 9.06. The Bertz CT molecular complexity index is 1080. The van der Waals surface area contributed by atoms with E-state index in [0.29, 0.717) is 17.9 Å². The van der Waals surface area contributed by atoms with Crippen molar-refractivity contribution in [1.82, 2.24) is 4.57 Å². The monoisotopic (exact) mass is 400 g/mol. The summed E-state index contributed by atoms with van der Waals surface area (Å²) in [6, 6.07) is 13.7. The third kappa shape index (κ3) is 4.10. The third-order valence-corrected chi connectivity index (χ3v) is 6.80. The number of amides is 1. The van der Waals surface area contributed by atoms with Gasteiger partial charge in [0.05, 0.1) is 16.8 Å². The van der Waals surface area contributed by atoms with Crippen molar-refractivity contribution in [3.05, 3.63) is 60.3 Å². The number of aromatic nitrogens is 1. The zero-order chi connectivity index (χ0) is 20.3. The van der Waals surface area contributed by atoms with Crippen LogP contribution in [-0.2, 0) is 21.1 Å². The highest BCUT2D eigenvalue weighted by atomic mass is 32.2. The number of fused-ring (bicyclic) bond motifs is 1. The number of ether oxygens (including phenoxy) is 1. The smallest absolute Gasteiger partial charge is 0.255 e. The van der Waals surface area contributed by atoms with E-state index in [-0.39, 0.29) is 10.8 Å². The Kier molecular flexibility index (Phi) is 5.86. The maximum Gasteiger partial charge on any atom is 0.255 e. The largest absolute Gasteiger partial charge is 0.383 e. The van der Waals surface area contributed by atoms with E-state index in [4.69, 9.17) is 4.74 Å². The summed E-state index contributed by atoms with van der Waals surface area (Å²) in [7, 11) is -1.68. The first-order valence-corrected chi connectivity index (χ1v) is 10.6. The number of carbonyl (C=O) groups excluding carboxylic acids is 1. The second kappa shape index (κ2) is 8.16. The molecule has 0 bridgehead atoms. The summed E-state index contributed by atoms with van der Waals surface area (Å²) >= 11 is 0. The second-order valence-corrected chi connectivity index (χ2v) is 9.35. The van der Waals surface area contributed by atoms with Gasteiger partial charge < -0.3 is 14.6 Å². The molecule has 0 aliphatic rings. The first kappa shape index (κ1) is 20.1. The highest BCUT2D eigenvalue weighted by Gasteiger charge is 2.19. The maximum atomic E-state index is 12.5. The van der Waals surface area contributed by atoms with Crippen LogP contribution < -0.4 is 5.32 Å². The Morgan fingerprint density at radius 2 is 1.82 bits per heavy atom. The summed E-state index contributed by atoms with van der Waals surface area (Å²) < 4.78 is 31.6. The van der Waals surface area contributed by atoms with Gasteiger partial charge in [0.15, 0.2) is 9.84 Å². The van der Waals surface area contributed by atoms with Crippen LogP contribution in [0.1, 0.15) is 24.2 Å². The van der Waals surface area contributed by atoms with Crippen molar-refractivity contribution >= 4 is 32.3 Å². The van der Waals surface area contributed by atoms with Crippen LogP contribution in [0, 0.1) is 0 Å². The molecule has 0 radical (unpaired) electrons. The summed E-state index contributed by atoms with van der Waals surface area (Å²) in [5.74, 6) is -0.285. The fourth-order valence-electron chi connectivity index (χ4n) is 2.93. The molecule has 0 unspecified atom stereocenters. The molecular formula is C21H24N2O4S. The fraction of sp³-hybridized carbons (Fsp3) is 0.286. The zero-order valence-electron chi connectivity index (χ0n) is 16.2. The Balaban J connectivity index is 1.75. The minimum atomic E-state index is -3.35. The number of anilines is 1. The number of hydrogen-bond donors (Lipinski definition) is 1. The molecule has 0 atom stereocenters. The Morgan fingerprint density at radius 3 is 2.46 bits per heavy atom. The molecule has 3 rings (SSSR count). The number of carbonyl (C=O) groups is 1. The lowest BCUT2D eigenvalue weighted by Gasteiger charge is -2.10. The van der Waals surface area contributed by atoms with E-state index < -0.39 is 15.1 Å². The van der Waals surface area contributed by atoms with Crippen molar-refractivity contribution in [2.75, 3.05) is 19.0 Å². The number of nitrogens with one attached hydrogen (secondary N) is 1. The number of benzene rings is 2. The van der Waals surface area contributed by atoms with E-state index in [0.717, 1.165) is 17.4 Å². The Hall–Kier alpha value is -2.64. The highest BCUT2D eigenvalue weighted by Crippen LogP contribution is 2.22. The second-order valence-electron chi connectivity index (χ2n) is 6.85. The number of sulfone groups is 1. The molecule has 0 aliphatic heterocycles. The summed E-state index contributed by atoms with van der Waals surface area (Å²) in [6.45, 7) is 4.66. The van der Waals surface area contributed by atoms with E-state index in [1.807, 2.05) is 30.5 Å². The first-order chi connectivity index (χ1) is 13.3. The standard InChI is InChI=1S/C21H24N2O4S/c1-15(2)28(25,26)19-7-4-16(5-8-19)21(24)22-18-6-9-20-17(14-18)10-11-23(20)12-13-27-3/h4-11,14-15H,12-13H2,1-3H3,(H,22,24). The molecular weight excluding hydrogens is 376 g/mol. The third-order valence-electron chi connectivity index (χ3n) is 4.63. The van der Waals surface area contributed by atoms with Crippen LogP contribution in [0.25, 0.3) is 10.9 Å². The fourth-order valence-corrected chi connectivity index (χ4v) is 3.99. The van der Waals surface area contributed by atoms with Gasteiger partial charge in [0.2, 0.25) is 0 Å². The molecule has 6 nitrogen and oxygen atoms in total. The summed E-state index contributed by atoms with van der Waals surface area (Å²) in [6.07, 6.45) is 1.99. The molecule has 28 heavy (non-hydrogen) atoms. The maximum absolute atomic E-state index is 12.5. The molecule has 1 aromatic heterocycles. The number of hydrogen-bond acceptors (Lipinski definition) is 4. The predicted molar refractivity (Wildman–Crippen MR) is 111 cm³/mol. The summed E-state index contributed by atoms with van der Waals surface area (Å²) in [4.78, 5) is 12.7. The highest BCUT2D eigenvalue weighted by molar-refractivity contribution is 7.92. The molecule has 0 saturated carbocycles. The van der Waals surface area contributed by atoms with Crippen LogP contribution in [-0.4, -0.2) is 37.9 Å². The van der Waals surface area contributed by atoms with Gasteiger partial charge in [0.1, 0.15) is 0 Å². The number of rotatable bonds is 7. The lowest BCUT2D eigenvalue weighted by molar-refractivity contribution is 0.102. The Labute approximate surface area is 165 Å². The quantitative estimate of drug-likeness (QED) is 0.656. The van der Waals surface area contributed by atoms with Crippen molar-refractivity contribution in [3.8, 4) is 0 Å². The molecule has 0 spiro atoms. The zero-order valence-corrected chi connectivity index (χ0v) is 17.0. The van der Waals surface area contributed by atoms with Crippen LogP contribution >= 0.6 is 0 Å². The van der Waals surface area contributed by atoms with Crippen LogP contribution in [0.4, 0.5) is 5.69 Å². The van der Waals surface area contributed by atoms with Crippen LogP contribution in [0.3, 0.4) is 0 Å². The van der Waals surface area contributed by atoms with E-state index in [9.17, 15) is 13.2 Å². The van der Waals surface area contributed by atoms with Gasteiger partial charge >= 0.3 is 0 Å². The van der Waals surface area contributed by atoms with Gasteiger partial charge in [0, 0.05) is 42.0 Å². The van der Waals surface area contributed by atoms with Crippen molar-refractivity contribution in [2.45, 2.75) is 30.5 Å². The average molecular weight is 401 g/mol. The molecule has 3 aromatic rings. The van der Waals surface area contributed by atoms with Gasteiger partial charge in [-0.3, -0.25) is 4.79 Å². The number of nitrogens with zero attached hydrogens (tertiary/aromatic N) is 1. The summed E-state index contributed by atoms with van der Waals surface area (Å²) in [5.41, 5.74) is 2.15. The SMILES string of the molecule is COCCn1ccc2cc(NC(=O)c3ccc(S(=O)(=O)C(C)C)cc3)ccc21. The van der Waals surface area contributed by atoms with Crippen molar-refractivity contribution in [1.29, 1.82) is 0 Å².